The van der Waals surface area contributed by atoms with E-state index in [4.69, 9.17) is 9.47 Å². The number of hydrogen-bond acceptors (Lipinski definition) is 6. The molecule has 0 radical (unpaired) electrons. The summed E-state index contributed by atoms with van der Waals surface area (Å²) in [5, 5.41) is 24.8. The number of piperidine rings is 2. The molecule has 5 unspecified atom stereocenters. The number of methoxy groups -OCH3 is 1. The maximum absolute atomic E-state index is 13.4. The van der Waals surface area contributed by atoms with E-state index in [1.165, 1.54) is 18.2 Å². The summed E-state index contributed by atoms with van der Waals surface area (Å²) in [4.78, 5) is 28.7. The summed E-state index contributed by atoms with van der Waals surface area (Å²) in [6.45, 7) is 8.57. The van der Waals surface area contributed by atoms with Crippen LogP contribution in [0.5, 0.6) is 5.75 Å². The van der Waals surface area contributed by atoms with E-state index in [0.717, 1.165) is 32.5 Å². The van der Waals surface area contributed by atoms with Crippen molar-refractivity contribution in [1.82, 2.24) is 10.2 Å². The second-order valence-corrected chi connectivity index (χ2v) is 13.2. The van der Waals surface area contributed by atoms with Crippen LogP contribution in [-0.2, 0) is 19.7 Å². The van der Waals surface area contributed by atoms with Gasteiger partial charge in [0, 0.05) is 36.6 Å². The molecule has 3 aromatic rings. The Labute approximate surface area is 272 Å². The summed E-state index contributed by atoms with van der Waals surface area (Å²) < 4.78 is 11.8. The number of likely N-dealkylation sites (tertiary alicyclic amines) is 1. The normalized spacial score (nSPS) is 28.0. The van der Waals surface area contributed by atoms with Gasteiger partial charge in [-0.05, 0) is 75.9 Å². The van der Waals surface area contributed by atoms with E-state index in [-0.39, 0.29) is 18.4 Å². The lowest BCUT2D eigenvalue weighted by Gasteiger charge is -2.56. The molecule has 8 nitrogen and oxygen atoms in total. The highest BCUT2D eigenvalue weighted by molar-refractivity contribution is 5.84. The van der Waals surface area contributed by atoms with Gasteiger partial charge in [0.15, 0.2) is 0 Å². The zero-order chi connectivity index (χ0) is 33.0. The number of nitrogens with zero attached hydrogens (tertiary/aromatic N) is 1. The predicted molar refractivity (Wildman–Crippen MR) is 178 cm³/mol. The lowest BCUT2D eigenvalue weighted by atomic mass is 9.51. The Kier molecular flexibility index (Phi) is 10.2. The summed E-state index contributed by atoms with van der Waals surface area (Å²) in [7, 11) is 1.53. The van der Waals surface area contributed by atoms with Gasteiger partial charge in [0.25, 0.3) is 0 Å². The Morgan fingerprint density at radius 1 is 0.826 bits per heavy atom. The molecule has 3 aromatic carbocycles. The van der Waals surface area contributed by atoms with Gasteiger partial charge < -0.3 is 29.9 Å². The minimum Gasteiger partial charge on any atom is -0.496 e. The molecule has 2 aliphatic rings. The number of benzene rings is 3. The largest absolute Gasteiger partial charge is 0.496 e. The van der Waals surface area contributed by atoms with E-state index >= 15 is 0 Å². The molecule has 2 fully saturated rings. The molecule has 0 aliphatic carbocycles. The fraction of sp³-hybridized carbons (Fsp3) is 0.474. The summed E-state index contributed by atoms with van der Waals surface area (Å²) in [5.41, 5.74) is 0.379. The van der Waals surface area contributed by atoms with Crippen LogP contribution in [0.25, 0.3) is 0 Å². The molecule has 2 aliphatic heterocycles. The zero-order valence-electron chi connectivity index (χ0n) is 27.4. The molecule has 2 heterocycles. The van der Waals surface area contributed by atoms with Crippen molar-refractivity contribution >= 4 is 11.9 Å². The molecule has 0 saturated carbocycles. The van der Waals surface area contributed by atoms with Crippen molar-refractivity contribution in [3.05, 3.63) is 102 Å². The number of hydrogen-bond donors (Lipinski definition) is 3. The lowest BCUT2D eigenvalue weighted by Crippen LogP contribution is -2.69. The van der Waals surface area contributed by atoms with Crippen LogP contribution in [0, 0.1) is 10.8 Å². The molecule has 5 atom stereocenters. The highest BCUT2D eigenvalue weighted by atomic mass is 16.5. The standard InChI is InChI=1S/C38H48N2O6/c1-27-36(3,34(41)42)33(31-17-11-12-18-32(31)45-4)38(35(43)44,28(2)39-27)21-25-46-26-24-40-22-19-37(20-23-40,29-13-7-5-8-14-29)30-15-9-6-10-16-30/h5-18,27-28,33,39H,19-26H2,1-4H3,(H,41,42)(H,43,44). The number of nitrogens with one attached hydrogen (secondary N) is 1. The number of rotatable bonds is 12. The van der Waals surface area contributed by atoms with Crippen LogP contribution in [0.1, 0.15) is 62.6 Å². The maximum atomic E-state index is 13.4. The Morgan fingerprint density at radius 3 is 1.93 bits per heavy atom. The zero-order valence-corrected chi connectivity index (χ0v) is 27.4. The van der Waals surface area contributed by atoms with Crippen molar-refractivity contribution < 1.29 is 29.3 Å². The summed E-state index contributed by atoms with van der Waals surface area (Å²) in [6, 6.07) is 27.7. The van der Waals surface area contributed by atoms with Crippen LogP contribution < -0.4 is 10.1 Å². The molecule has 8 heteroatoms. The van der Waals surface area contributed by atoms with Crippen molar-refractivity contribution in [2.45, 2.75) is 63.5 Å². The third kappa shape index (κ3) is 5.94. The van der Waals surface area contributed by atoms with Crippen LogP contribution in [0.4, 0.5) is 0 Å². The number of carboxylic acid groups (broad SMARTS) is 2. The van der Waals surface area contributed by atoms with E-state index in [9.17, 15) is 19.8 Å². The number of aliphatic carboxylic acids is 2. The first-order chi connectivity index (χ1) is 22.1. The Morgan fingerprint density at radius 2 is 1.39 bits per heavy atom. The van der Waals surface area contributed by atoms with E-state index in [0.29, 0.717) is 17.9 Å². The summed E-state index contributed by atoms with van der Waals surface area (Å²) >= 11 is 0. The molecule has 0 bridgehead atoms. The highest BCUT2D eigenvalue weighted by Gasteiger charge is 2.65. The Balaban J connectivity index is 1.29. The number of carbonyl (C=O) groups is 2. The first kappa shape index (κ1) is 33.6. The molecule has 246 valence electrons. The molecule has 5 rings (SSSR count). The fourth-order valence-corrected chi connectivity index (χ4v) is 8.28. The van der Waals surface area contributed by atoms with Crippen molar-refractivity contribution in [3.63, 3.8) is 0 Å². The monoisotopic (exact) mass is 628 g/mol. The van der Waals surface area contributed by atoms with Crippen LogP contribution in [0.3, 0.4) is 0 Å². The molecule has 0 spiro atoms. The van der Waals surface area contributed by atoms with Crippen LogP contribution >= 0.6 is 0 Å². The topological polar surface area (TPSA) is 108 Å². The summed E-state index contributed by atoms with van der Waals surface area (Å²) in [6.07, 6.45) is 2.15. The second-order valence-electron chi connectivity index (χ2n) is 13.2. The minimum atomic E-state index is -1.45. The van der Waals surface area contributed by atoms with Crippen LogP contribution in [0.15, 0.2) is 84.9 Å². The van der Waals surface area contributed by atoms with Gasteiger partial charge in [0.05, 0.1) is 24.5 Å². The first-order valence-corrected chi connectivity index (χ1v) is 16.4. The van der Waals surface area contributed by atoms with Gasteiger partial charge in [0.1, 0.15) is 5.75 Å². The van der Waals surface area contributed by atoms with Gasteiger partial charge in [-0.2, -0.15) is 0 Å². The van der Waals surface area contributed by atoms with Gasteiger partial charge in [-0.25, -0.2) is 0 Å². The smallest absolute Gasteiger partial charge is 0.311 e. The van der Waals surface area contributed by atoms with Crippen LogP contribution in [0.2, 0.25) is 0 Å². The minimum absolute atomic E-state index is 0.0285. The van der Waals surface area contributed by atoms with E-state index in [1.807, 2.05) is 26.0 Å². The van der Waals surface area contributed by atoms with Crippen molar-refractivity contribution in [1.29, 1.82) is 0 Å². The summed E-state index contributed by atoms with van der Waals surface area (Å²) in [5.74, 6) is -2.47. The SMILES string of the molecule is COc1ccccc1C1C(C)(C(=O)O)C(C)NC(C)C1(CCOCCN1CCC(c2ccccc2)(c2ccccc2)CC1)C(=O)O. The first-order valence-electron chi connectivity index (χ1n) is 16.4. The second kappa shape index (κ2) is 14.0. The number of ether oxygens (including phenoxy) is 2. The molecule has 0 amide bonds. The Bertz CT molecular complexity index is 1430. The average Bonchev–Trinajstić information content (AvgIpc) is 3.07. The van der Waals surface area contributed by atoms with Gasteiger partial charge in [-0.1, -0.05) is 78.9 Å². The quantitative estimate of drug-likeness (QED) is 0.216. The fourth-order valence-electron chi connectivity index (χ4n) is 8.28. The average molecular weight is 629 g/mol. The molecular formula is C38H48N2O6. The van der Waals surface area contributed by atoms with E-state index in [1.54, 1.807) is 19.1 Å². The maximum Gasteiger partial charge on any atom is 0.311 e. The van der Waals surface area contributed by atoms with Crippen LogP contribution in [-0.4, -0.2) is 79.1 Å². The third-order valence-corrected chi connectivity index (χ3v) is 11.2. The van der Waals surface area contributed by atoms with Crippen molar-refractivity contribution in [3.8, 4) is 5.75 Å². The third-order valence-electron chi connectivity index (χ3n) is 11.2. The van der Waals surface area contributed by atoms with Crippen molar-refractivity contribution in [2.75, 3.05) is 40.0 Å². The number of para-hydroxylation sites is 1. The Hall–Kier alpha value is -3.72. The van der Waals surface area contributed by atoms with Crippen molar-refractivity contribution in [2.24, 2.45) is 10.8 Å². The molecule has 3 N–H and O–H groups in total. The molecule has 2 saturated heterocycles. The van der Waals surface area contributed by atoms with Gasteiger partial charge in [0.2, 0.25) is 0 Å². The molecule has 0 aromatic heterocycles. The number of carboxylic acids is 2. The highest BCUT2D eigenvalue weighted by Crippen LogP contribution is 2.58. The van der Waals surface area contributed by atoms with Gasteiger partial charge in [-0.15, -0.1) is 0 Å². The van der Waals surface area contributed by atoms with E-state index < -0.39 is 40.8 Å². The predicted octanol–water partition coefficient (Wildman–Crippen LogP) is 5.81. The lowest BCUT2D eigenvalue weighted by molar-refractivity contribution is -0.172. The van der Waals surface area contributed by atoms with Gasteiger partial charge >= 0.3 is 11.9 Å². The molecular weight excluding hydrogens is 580 g/mol. The van der Waals surface area contributed by atoms with E-state index in [2.05, 4.69) is 70.9 Å². The van der Waals surface area contributed by atoms with Gasteiger partial charge in [-0.3, -0.25) is 9.59 Å². The molecule has 46 heavy (non-hydrogen) atoms.